The van der Waals surface area contributed by atoms with Crippen molar-refractivity contribution in [3.8, 4) is 57.1 Å². The number of aliphatic carboxylic acids is 2. The van der Waals surface area contributed by atoms with Gasteiger partial charge in [-0.05, 0) is 110 Å². The number of carbonyl (C=O) groups excluding carboxylic acids is 7. The van der Waals surface area contributed by atoms with Crippen LogP contribution in [0.3, 0.4) is 0 Å². The van der Waals surface area contributed by atoms with Crippen LogP contribution < -0.4 is 62.9 Å². The third-order valence-corrected chi connectivity index (χ3v) is 18.4. The minimum Gasteiger partial charge on any atom is -0.508 e. The molecule has 11 bridgehead atoms. The van der Waals surface area contributed by atoms with Gasteiger partial charge in [0, 0.05) is 41.6 Å². The number of amides is 7. The maximum atomic E-state index is 16.0. The number of aromatic hydroxyl groups is 3. The molecule has 7 amide bonds. The Bertz CT molecular complexity index is 4190. The molecule has 18 atom stereocenters. The number of aliphatic hydroxyl groups is 6. The molecule has 12 rings (SSSR count). The van der Waals surface area contributed by atoms with E-state index in [1.165, 1.54) is 33.0 Å². The molecule has 0 radical (unpaired) electrons. The van der Waals surface area contributed by atoms with E-state index < -0.39 is 243 Å². The number of halogens is 2. The first-order valence-corrected chi connectivity index (χ1v) is 33.3. The molecule has 7 heterocycles. The Morgan fingerprint density at radius 3 is 1.85 bits per heavy atom. The zero-order chi connectivity index (χ0) is 77.1. The van der Waals surface area contributed by atoms with Gasteiger partial charge in [-0.15, -0.1) is 0 Å². The zero-order valence-corrected chi connectivity index (χ0v) is 58.2. The number of primary amides is 1. The lowest BCUT2D eigenvalue weighted by Gasteiger charge is -2.47. The van der Waals surface area contributed by atoms with Gasteiger partial charge in [0.1, 0.15) is 89.5 Å². The summed E-state index contributed by atoms with van der Waals surface area (Å²) in [6, 6.07) is -0.679. The van der Waals surface area contributed by atoms with E-state index >= 15 is 14.4 Å². The number of carbonyl (C=O) groups is 9. The average Bonchev–Trinajstić information content (AvgIpc) is 0.773. The lowest BCUT2D eigenvalue weighted by molar-refractivity contribution is -0.333. The van der Waals surface area contributed by atoms with E-state index in [1.54, 1.807) is 0 Å². The van der Waals surface area contributed by atoms with E-state index in [0.717, 1.165) is 73.7 Å². The summed E-state index contributed by atoms with van der Waals surface area (Å²) in [5.41, 5.74) is 8.00. The number of carboxylic acid groups (broad SMARTS) is 2. The van der Waals surface area contributed by atoms with Crippen molar-refractivity contribution in [1.29, 1.82) is 0 Å². The van der Waals surface area contributed by atoms with Crippen molar-refractivity contribution in [3.05, 3.63) is 117 Å². The minimum absolute atomic E-state index is 0.0975. The van der Waals surface area contributed by atoms with Crippen LogP contribution in [0.25, 0.3) is 11.1 Å². The summed E-state index contributed by atoms with van der Waals surface area (Å²) in [7, 11) is 1.47. The minimum atomic E-state index is -2.35. The lowest BCUT2D eigenvalue weighted by Crippen LogP contribution is -2.64. The van der Waals surface area contributed by atoms with Crippen LogP contribution in [0.4, 0.5) is 0 Å². The van der Waals surface area contributed by atoms with Crippen molar-refractivity contribution in [2.75, 3.05) is 13.7 Å². The number of phenols is 3. The number of hydrogen-bond acceptors (Lipinski definition) is 26. The predicted molar refractivity (Wildman–Crippen MR) is 363 cm³/mol. The molecule has 105 heavy (non-hydrogen) atoms. The summed E-state index contributed by atoms with van der Waals surface area (Å²) in [5, 5.41) is 138. The van der Waals surface area contributed by atoms with Crippen molar-refractivity contribution < 1.29 is 128 Å². The number of likely N-dealkylation sites (N-methyl/N-ethyl adjacent to an activating group) is 1. The third kappa shape index (κ3) is 17.8. The highest BCUT2D eigenvalue weighted by atomic mass is 35.5. The van der Waals surface area contributed by atoms with Crippen molar-refractivity contribution >= 4 is 76.5 Å². The summed E-state index contributed by atoms with van der Waals surface area (Å²) in [5.74, 6) is -16.8. The Balaban J connectivity index is 0.00000311. The molecule has 0 unspecified atom stereocenters. The molecule has 0 saturated carbocycles. The molecule has 5 aromatic rings. The van der Waals surface area contributed by atoms with Gasteiger partial charge in [0.2, 0.25) is 53.4 Å². The molecule has 7 aliphatic heterocycles. The number of phenolic OH excluding ortho intramolecular Hbond substituents is 3. The van der Waals surface area contributed by atoms with Gasteiger partial charge in [0.15, 0.2) is 29.9 Å². The molecular formula is C68H79Cl2N9O26. The van der Waals surface area contributed by atoms with Crippen LogP contribution >= 0.6 is 23.2 Å². The molecule has 0 aliphatic carbocycles. The van der Waals surface area contributed by atoms with E-state index in [9.17, 15) is 75.0 Å². The van der Waals surface area contributed by atoms with Gasteiger partial charge in [-0.25, -0.2) is 4.79 Å². The van der Waals surface area contributed by atoms with Gasteiger partial charge < -0.3 is 133 Å². The van der Waals surface area contributed by atoms with Crippen molar-refractivity contribution in [3.63, 3.8) is 0 Å². The third-order valence-electron chi connectivity index (χ3n) is 17.8. The van der Waals surface area contributed by atoms with Gasteiger partial charge in [0.25, 0.3) is 5.97 Å². The first-order valence-electron chi connectivity index (χ1n) is 32.5. The molecule has 37 heteroatoms. The second-order valence-electron chi connectivity index (χ2n) is 26.2. The fourth-order valence-electron chi connectivity index (χ4n) is 12.5. The highest BCUT2D eigenvalue weighted by Gasteiger charge is 2.51. The largest absolute Gasteiger partial charge is 0.508 e. The summed E-state index contributed by atoms with van der Waals surface area (Å²) in [6.07, 6.45) is -18.6. The molecule has 0 aromatic heterocycles. The highest BCUT2D eigenvalue weighted by Crippen LogP contribution is 2.50. The van der Waals surface area contributed by atoms with E-state index in [1.807, 2.05) is 13.8 Å². The first-order chi connectivity index (χ1) is 49.4. The predicted octanol–water partition coefficient (Wildman–Crippen LogP) is 0.197. The number of carboxylic acids is 2. The van der Waals surface area contributed by atoms with Crippen LogP contribution in [0, 0.1) is 5.92 Å². The molecule has 2 saturated heterocycles. The summed E-state index contributed by atoms with van der Waals surface area (Å²) >= 11 is 14.1. The molecule has 35 nitrogen and oxygen atoms in total. The van der Waals surface area contributed by atoms with Crippen molar-refractivity contribution in [2.24, 2.45) is 17.4 Å². The number of ether oxygens (including phenoxy) is 6. The van der Waals surface area contributed by atoms with Gasteiger partial charge in [0.05, 0.1) is 41.3 Å². The maximum absolute atomic E-state index is 16.0. The normalized spacial score (nSPS) is 28.6. The van der Waals surface area contributed by atoms with Crippen LogP contribution in [0.2, 0.25) is 10.0 Å². The molecule has 7 aliphatic rings. The maximum Gasteiger partial charge on any atom is 0.330 e. The Morgan fingerprint density at radius 1 is 0.705 bits per heavy atom. The topological polar surface area (TPSA) is 568 Å². The number of aliphatic hydroxyl groups excluding tert-OH is 6. The van der Waals surface area contributed by atoms with Crippen LogP contribution in [-0.4, -0.2) is 202 Å². The first kappa shape index (κ1) is 79.4. The fourth-order valence-corrected chi connectivity index (χ4v) is 12.9. The molecule has 22 N–H and O–H groups in total. The Hall–Kier alpha value is -9.73. The summed E-state index contributed by atoms with van der Waals surface area (Å²) in [6.45, 7) is 6.74. The van der Waals surface area contributed by atoms with Crippen LogP contribution in [0.15, 0.2) is 78.9 Å². The van der Waals surface area contributed by atoms with E-state index in [0.29, 0.717) is 0 Å². The van der Waals surface area contributed by atoms with Crippen LogP contribution in [-0.2, 0) is 57.4 Å². The molecule has 566 valence electrons. The number of fused-ring (bicyclic) bond motifs is 15. The molecule has 5 aromatic carbocycles. The number of rotatable bonds is 13. The van der Waals surface area contributed by atoms with Crippen LogP contribution in [0.5, 0.6) is 46.0 Å². The molecule has 2 fully saturated rings. The second kappa shape index (κ2) is 32.7. The zero-order valence-electron chi connectivity index (χ0n) is 56.7. The van der Waals surface area contributed by atoms with Crippen molar-refractivity contribution in [1.82, 2.24) is 37.2 Å². The lowest BCUT2D eigenvalue weighted by atomic mass is 9.86. The smallest absolute Gasteiger partial charge is 0.330 e. The summed E-state index contributed by atoms with van der Waals surface area (Å²) < 4.78 is 38.3. The van der Waals surface area contributed by atoms with Gasteiger partial charge in [-0.1, -0.05) is 55.2 Å². The van der Waals surface area contributed by atoms with Gasteiger partial charge >= 0.3 is 5.97 Å². The SMILES string of the molecule is CC(=O)O.CN[C@H](CC(C)C)C(=O)N[C@H]1C(=O)N[C@@H](CC(N)=O)C(=O)N[C@H]2C(=O)N[C@H]3C(=O)N[C@H](C(=O)N[C@H](C(=O)O)c4cc(O)cc(O)c4-c4cc3ccc4O)[C@H](O)c3ccc(c(Cl)c3)Oc3cc2cc(c3O[C@@H]2O[C@H](CO)[C@@H](O)[C@H](O)[C@H]2O[C@H]2C[C@](C)(N)[C@H](O)[C@H](C)O2)Oc2ccc(cc2Cl)[C@H]1O. The van der Waals surface area contributed by atoms with E-state index in [-0.39, 0.29) is 46.2 Å². The number of nitrogens with one attached hydrogen (secondary N) is 7. The second-order valence-corrected chi connectivity index (χ2v) is 27.0. The molecular weight excluding hydrogens is 1430 g/mol. The highest BCUT2D eigenvalue weighted by molar-refractivity contribution is 6.32. The number of hydrogen-bond donors (Lipinski definition) is 20. The Morgan fingerprint density at radius 2 is 1.29 bits per heavy atom. The summed E-state index contributed by atoms with van der Waals surface area (Å²) in [4.78, 5) is 126. The standard InChI is InChI=1S/C66H75Cl2N9O24.C2H4O2/c1-23(2)12-34(71-5)58(88)76-49-51(83)26-7-10-38(32(67)14-26)97-40-16-28-17-41(55(40)101-65-56(54(86)53(85)42(22-78)99-65)100-44-21-66(4,70)57(87)24(3)96-44)98-39-11-8-27(15-33(39)68)52(84)50-63(93)75-48(64(94)95)31-18-29(79)19-37(81)45(31)30-13-25(6-9-36(30)80)46(60(90)77-50)74-61(91)47(28)73-59(89)35(20-43(69)82)72-62(49)92;1-2(3)4/h6-11,13-19,23-24,34-35,42,44,46-54,56-57,65,71,78-81,83-87H,12,20-22,70H2,1-5H3,(H2,69,82)(H,72,92)(H,73,89)(H,74,91)(H,75,93)(H,76,88)(H,77,90)(H,94,95);1H3,(H,3,4)/t24-,34+,35-,42+,44-,46+,47+,48-,49+,50-,51+,52+,53+,54-,56+,57+,65-,66-;/m0./s1. The van der Waals surface area contributed by atoms with Gasteiger partial charge in [-0.3, -0.25) is 38.4 Å². The quantitative estimate of drug-likeness (QED) is 0.0748. The van der Waals surface area contributed by atoms with E-state index in [4.69, 9.17) is 73.0 Å². The fraction of sp³-hybridized carbons (Fsp3) is 0.426. The Labute approximate surface area is 607 Å². The monoisotopic (exact) mass is 1510 g/mol. The number of benzene rings is 5. The van der Waals surface area contributed by atoms with Gasteiger partial charge in [-0.2, -0.15) is 0 Å². The van der Waals surface area contributed by atoms with E-state index in [2.05, 4.69) is 37.2 Å². The molecule has 0 spiro atoms. The number of nitrogens with two attached hydrogens (primary N) is 2. The van der Waals surface area contributed by atoms with Crippen molar-refractivity contribution in [2.45, 2.75) is 163 Å². The van der Waals surface area contributed by atoms with Crippen LogP contribution in [0.1, 0.15) is 112 Å². The Kier molecular flexibility index (Phi) is 24.8. The average molecular weight is 1510 g/mol.